The highest BCUT2D eigenvalue weighted by atomic mass is 19.4. The van der Waals surface area contributed by atoms with Crippen LogP contribution >= 0.6 is 0 Å². The Bertz CT molecular complexity index is 770. The summed E-state index contributed by atoms with van der Waals surface area (Å²) >= 11 is 0. The van der Waals surface area contributed by atoms with E-state index in [-0.39, 0.29) is 0 Å². The molecule has 1 aromatic heterocycles. The molecule has 108 valence electrons. The lowest BCUT2D eigenvalue weighted by atomic mass is 10.0. The van der Waals surface area contributed by atoms with E-state index in [2.05, 4.69) is 0 Å². The monoisotopic (exact) mass is 289 g/mol. The standard InChI is InChI=1S/C17H14F3N/c1-21-11-13(9-12-5-3-2-4-6-12)15-8-7-14(10-16(15)21)17(18,19)20/h2-8,10-11H,9H2,1H3. The van der Waals surface area contributed by atoms with Crippen LogP contribution in [-0.4, -0.2) is 4.57 Å². The van der Waals surface area contributed by atoms with Crippen molar-refractivity contribution in [2.24, 2.45) is 7.05 Å². The number of alkyl halides is 3. The number of rotatable bonds is 2. The van der Waals surface area contributed by atoms with Crippen molar-refractivity contribution in [3.8, 4) is 0 Å². The van der Waals surface area contributed by atoms with Crippen LogP contribution in [0.1, 0.15) is 16.7 Å². The van der Waals surface area contributed by atoms with Crippen LogP contribution < -0.4 is 0 Å². The average molecular weight is 289 g/mol. The Morgan fingerprint density at radius 2 is 1.71 bits per heavy atom. The molecule has 3 aromatic rings. The molecule has 3 rings (SSSR count). The Balaban J connectivity index is 2.06. The Morgan fingerprint density at radius 3 is 2.38 bits per heavy atom. The van der Waals surface area contributed by atoms with Gasteiger partial charge in [-0.25, -0.2) is 0 Å². The normalized spacial score (nSPS) is 12.0. The van der Waals surface area contributed by atoms with Gasteiger partial charge in [-0.15, -0.1) is 0 Å². The van der Waals surface area contributed by atoms with Crippen LogP contribution in [0.4, 0.5) is 13.2 Å². The zero-order valence-corrected chi connectivity index (χ0v) is 11.5. The molecule has 0 amide bonds. The third-order valence-electron chi connectivity index (χ3n) is 3.64. The van der Waals surface area contributed by atoms with Crippen LogP contribution in [0.5, 0.6) is 0 Å². The molecule has 1 heterocycles. The molecule has 0 unspecified atom stereocenters. The highest BCUT2D eigenvalue weighted by molar-refractivity contribution is 5.85. The number of nitrogens with zero attached hydrogens (tertiary/aromatic N) is 1. The van der Waals surface area contributed by atoms with Gasteiger partial charge in [-0.05, 0) is 29.7 Å². The van der Waals surface area contributed by atoms with Gasteiger partial charge in [0.2, 0.25) is 0 Å². The van der Waals surface area contributed by atoms with Crippen LogP contribution in [0.2, 0.25) is 0 Å². The molecule has 1 nitrogen and oxygen atoms in total. The third kappa shape index (κ3) is 2.66. The van der Waals surface area contributed by atoms with Gasteiger partial charge in [0.05, 0.1) is 5.56 Å². The molecule has 0 aliphatic rings. The summed E-state index contributed by atoms with van der Waals surface area (Å²) < 4.78 is 40.1. The SMILES string of the molecule is Cn1cc(Cc2ccccc2)c2ccc(C(F)(F)F)cc21. The van der Waals surface area contributed by atoms with E-state index in [0.29, 0.717) is 11.9 Å². The van der Waals surface area contributed by atoms with Crippen molar-refractivity contribution in [3.05, 3.63) is 71.4 Å². The lowest BCUT2D eigenvalue weighted by molar-refractivity contribution is -0.137. The Morgan fingerprint density at radius 1 is 1.00 bits per heavy atom. The largest absolute Gasteiger partial charge is 0.416 e. The molecule has 0 N–H and O–H groups in total. The molecule has 0 aliphatic heterocycles. The van der Waals surface area contributed by atoms with Gasteiger partial charge in [-0.2, -0.15) is 13.2 Å². The van der Waals surface area contributed by atoms with Crippen LogP contribution in [0, 0.1) is 0 Å². The van der Waals surface area contributed by atoms with E-state index < -0.39 is 11.7 Å². The number of benzene rings is 2. The zero-order chi connectivity index (χ0) is 15.0. The molecule has 0 radical (unpaired) electrons. The minimum Gasteiger partial charge on any atom is -0.350 e. The highest BCUT2D eigenvalue weighted by Gasteiger charge is 2.30. The third-order valence-corrected chi connectivity index (χ3v) is 3.64. The van der Waals surface area contributed by atoms with Gasteiger partial charge in [0.25, 0.3) is 0 Å². The maximum atomic E-state index is 12.8. The van der Waals surface area contributed by atoms with E-state index in [9.17, 15) is 13.2 Å². The molecule has 4 heteroatoms. The van der Waals surface area contributed by atoms with E-state index in [4.69, 9.17) is 0 Å². The molecule has 0 saturated carbocycles. The second-order valence-electron chi connectivity index (χ2n) is 5.16. The Hall–Kier alpha value is -2.23. The predicted octanol–water partition coefficient (Wildman–Crippen LogP) is 4.79. The van der Waals surface area contributed by atoms with Gasteiger partial charge in [0.15, 0.2) is 0 Å². The van der Waals surface area contributed by atoms with E-state index in [1.165, 1.54) is 6.07 Å². The number of halogens is 3. The van der Waals surface area contributed by atoms with Crippen molar-refractivity contribution in [2.75, 3.05) is 0 Å². The quantitative estimate of drug-likeness (QED) is 0.639. The smallest absolute Gasteiger partial charge is 0.350 e. The predicted molar refractivity (Wildman–Crippen MR) is 77.2 cm³/mol. The number of aromatic nitrogens is 1. The molecule has 0 bridgehead atoms. The first kappa shape index (κ1) is 13.7. The first-order chi connectivity index (χ1) is 9.95. The van der Waals surface area contributed by atoms with Crippen molar-refractivity contribution in [3.63, 3.8) is 0 Å². The first-order valence-corrected chi connectivity index (χ1v) is 6.64. The highest BCUT2D eigenvalue weighted by Crippen LogP contribution is 2.33. The number of hydrogen-bond donors (Lipinski definition) is 0. The molecule has 2 aromatic carbocycles. The van der Waals surface area contributed by atoms with Crippen LogP contribution in [0.3, 0.4) is 0 Å². The summed E-state index contributed by atoms with van der Waals surface area (Å²) in [6.45, 7) is 0. The van der Waals surface area contributed by atoms with Gasteiger partial charge in [0.1, 0.15) is 0 Å². The molecule has 0 spiro atoms. The lowest BCUT2D eigenvalue weighted by Crippen LogP contribution is -2.04. The summed E-state index contributed by atoms with van der Waals surface area (Å²) in [6.07, 6.45) is -1.70. The van der Waals surface area contributed by atoms with Crippen molar-refractivity contribution in [1.29, 1.82) is 0 Å². The van der Waals surface area contributed by atoms with Gasteiger partial charge >= 0.3 is 6.18 Å². The van der Waals surface area contributed by atoms with Crippen molar-refractivity contribution in [2.45, 2.75) is 12.6 Å². The summed E-state index contributed by atoms with van der Waals surface area (Å²) in [6, 6.07) is 13.8. The van der Waals surface area contributed by atoms with Crippen LogP contribution in [-0.2, 0) is 19.6 Å². The van der Waals surface area contributed by atoms with E-state index in [0.717, 1.165) is 22.6 Å². The average Bonchev–Trinajstić information content (AvgIpc) is 2.75. The number of aryl methyl sites for hydroxylation is 1. The van der Waals surface area contributed by atoms with Gasteiger partial charge in [0, 0.05) is 24.1 Å². The summed E-state index contributed by atoms with van der Waals surface area (Å²) in [5.74, 6) is 0. The number of hydrogen-bond acceptors (Lipinski definition) is 0. The summed E-state index contributed by atoms with van der Waals surface area (Å²) in [7, 11) is 1.77. The fraction of sp³-hybridized carbons (Fsp3) is 0.176. The van der Waals surface area contributed by atoms with Crippen molar-refractivity contribution in [1.82, 2.24) is 4.57 Å². The molecule has 21 heavy (non-hydrogen) atoms. The fourth-order valence-electron chi connectivity index (χ4n) is 2.60. The van der Waals surface area contributed by atoms with Crippen LogP contribution in [0.25, 0.3) is 10.9 Å². The van der Waals surface area contributed by atoms with E-state index >= 15 is 0 Å². The maximum Gasteiger partial charge on any atom is 0.416 e. The minimum absolute atomic E-state index is 0.607. The maximum absolute atomic E-state index is 12.8. The molecule has 0 atom stereocenters. The molecule has 0 aliphatic carbocycles. The summed E-state index contributed by atoms with van der Waals surface area (Å²) in [5, 5.41) is 0.870. The topological polar surface area (TPSA) is 4.93 Å². The van der Waals surface area contributed by atoms with Crippen LogP contribution in [0.15, 0.2) is 54.7 Å². The van der Waals surface area contributed by atoms with Gasteiger partial charge in [-0.1, -0.05) is 36.4 Å². The fourth-order valence-corrected chi connectivity index (χ4v) is 2.60. The molecule has 0 fully saturated rings. The molecular formula is C17H14F3N. The Kier molecular flexibility index (Phi) is 3.24. The summed E-state index contributed by atoms with van der Waals surface area (Å²) in [5.41, 5.74) is 2.18. The van der Waals surface area contributed by atoms with Gasteiger partial charge in [-0.3, -0.25) is 0 Å². The second kappa shape index (κ2) is 4.95. The van der Waals surface area contributed by atoms with E-state index in [1.54, 1.807) is 17.7 Å². The zero-order valence-electron chi connectivity index (χ0n) is 11.5. The summed E-state index contributed by atoms with van der Waals surface area (Å²) in [4.78, 5) is 0. The molecule has 0 saturated heterocycles. The van der Waals surface area contributed by atoms with E-state index in [1.807, 2.05) is 36.5 Å². The Labute approximate surface area is 120 Å². The molecular weight excluding hydrogens is 275 g/mol. The first-order valence-electron chi connectivity index (χ1n) is 6.64. The lowest BCUT2D eigenvalue weighted by Gasteiger charge is -2.07. The van der Waals surface area contributed by atoms with Gasteiger partial charge < -0.3 is 4.57 Å². The van der Waals surface area contributed by atoms with Crippen molar-refractivity contribution >= 4 is 10.9 Å². The number of fused-ring (bicyclic) bond motifs is 1. The second-order valence-corrected chi connectivity index (χ2v) is 5.16. The minimum atomic E-state index is -4.31. The van der Waals surface area contributed by atoms with Crippen molar-refractivity contribution < 1.29 is 13.2 Å².